The van der Waals surface area contributed by atoms with Crippen LogP contribution in [-0.4, -0.2) is 98.3 Å². The molecule has 71 heavy (non-hydrogen) atoms. The van der Waals surface area contributed by atoms with Gasteiger partial charge in [0.2, 0.25) is 0 Å². The zero-order valence-electron chi connectivity index (χ0n) is 43.2. The molecule has 1 rings (SSSR count). The first kappa shape index (κ1) is 65.5. The van der Waals surface area contributed by atoms with E-state index in [1.165, 1.54) is 32.1 Å². The lowest BCUT2D eigenvalue weighted by Crippen LogP contribution is -2.64. The van der Waals surface area contributed by atoms with Gasteiger partial charge in [0, 0.05) is 12.8 Å². The van der Waals surface area contributed by atoms with E-state index in [4.69, 9.17) is 18.5 Å². The smallest absolute Gasteiger partial charge is 0.462 e. The Bertz CT molecular complexity index is 1650. The Kier molecular flexibility index (Phi) is 41.7. The number of rotatable bonds is 43. The highest BCUT2D eigenvalue weighted by Gasteiger charge is 2.51. The van der Waals surface area contributed by atoms with Crippen LogP contribution in [0, 0.1) is 0 Å². The first-order chi connectivity index (χ1) is 34.4. The molecule has 0 bridgehead atoms. The van der Waals surface area contributed by atoms with E-state index in [9.17, 15) is 44.6 Å². The van der Waals surface area contributed by atoms with Crippen molar-refractivity contribution in [2.75, 3.05) is 13.2 Å². The lowest BCUT2D eigenvalue weighted by molar-refractivity contribution is -0.220. The maximum absolute atomic E-state index is 12.9. The molecule has 1 fully saturated rings. The SMILES string of the molecule is CC/C=C\C/C=C\C/C=C\C/C=C\C/C=C\CCCCCC(=O)OC(COC(=O)CCCCCCCCCCCC/C=C\C/C=C\C/C=C\C/C=C\CC)COP(=O)(O)OC1C(O)C(O)C(O)C(O)C1O. The van der Waals surface area contributed by atoms with Crippen LogP contribution in [0.15, 0.2) is 109 Å². The average molecular weight is 1020 g/mol. The number of hydrogen-bond acceptors (Lipinski definition) is 12. The summed E-state index contributed by atoms with van der Waals surface area (Å²) in [6, 6.07) is 0. The standard InChI is InChI=1S/C57H93O13P/c1-3-5-7-9-11-13-15-17-19-21-23-24-25-26-28-29-31-33-35-37-39-41-43-45-50(58)67-47-49(48-68-71(65,66)70-57-55(63)53(61)52(60)54(62)56(57)64)69-51(59)46-44-42-40-38-36-34-32-30-27-22-20-18-16-14-12-10-8-6-4-2/h5-8,11-14,17-20,23-24,27,30,34,36,49,52-57,60-64H,3-4,9-10,15-16,21-22,25-26,28-29,31-33,35,37-48H2,1-2H3,(H,65,66)/b7-5-,8-6-,13-11-,14-12-,19-17-,20-18-,24-23-,30-27-,36-34-. The van der Waals surface area contributed by atoms with Crippen LogP contribution in [0.3, 0.4) is 0 Å². The Morgan fingerprint density at radius 2 is 0.761 bits per heavy atom. The molecular formula is C57H93O13P. The molecule has 6 unspecified atom stereocenters. The summed E-state index contributed by atoms with van der Waals surface area (Å²) in [4.78, 5) is 35.9. The van der Waals surface area contributed by atoms with Crippen LogP contribution in [0.1, 0.15) is 181 Å². The van der Waals surface area contributed by atoms with E-state index in [-0.39, 0.29) is 12.8 Å². The number of hydrogen-bond donors (Lipinski definition) is 6. The van der Waals surface area contributed by atoms with Gasteiger partial charge in [0.25, 0.3) is 0 Å². The predicted octanol–water partition coefficient (Wildman–Crippen LogP) is 11.9. The Morgan fingerprint density at radius 3 is 1.17 bits per heavy atom. The van der Waals surface area contributed by atoms with Gasteiger partial charge in [-0.1, -0.05) is 181 Å². The Hall–Kier alpha value is -3.49. The van der Waals surface area contributed by atoms with Gasteiger partial charge >= 0.3 is 19.8 Å². The van der Waals surface area contributed by atoms with Crippen molar-refractivity contribution >= 4 is 19.8 Å². The molecule has 0 aromatic carbocycles. The van der Waals surface area contributed by atoms with Crippen molar-refractivity contribution in [1.29, 1.82) is 0 Å². The van der Waals surface area contributed by atoms with Gasteiger partial charge < -0.3 is 39.9 Å². The first-order valence-electron chi connectivity index (χ1n) is 26.7. The number of carbonyl (C=O) groups excluding carboxylic acids is 2. The monoisotopic (exact) mass is 1020 g/mol. The number of esters is 2. The fourth-order valence-corrected chi connectivity index (χ4v) is 8.39. The molecule has 13 nitrogen and oxygen atoms in total. The summed E-state index contributed by atoms with van der Waals surface area (Å²) in [6.07, 6.45) is 49.8. The van der Waals surface area contributed by atoms with Gasteiger partial charge in [-0.2, -0.15) is 0 Å². The molecular weight excluding hydrogens is 924 g/mol. The molecule has 1 saturated carbocycles. The van der Waals surface area contributed by atoms with Gasteiger partial charge in [0.1, 0.15) is 43.2 Å². The molecule has 0 saturated heterocycles. The van der Waals surface area contributed by atoms with Crippen LogP contribution in [0.5, 0.6) is 0 Å². The van der Waals surface area contributed by atoms with Crippen LogP contribution in [-0.2, 0) is 32.7 Å². The van der Waals surface area contributed by atoms with Crippen LogP contribution >= 0.6 is 7.82 Å². The summed E-state index contributed by atoms with van der Waals surface area (Å²) in [5.74, 6) is -1.15. The number of carbonyl (C=O) groups is 2. The highest BCUT2D eigenvalue weighted by Crippen LogP contribution is 2.47. The second-order valence-corrected chi connectivity index (χ2v) is 19.4. The van der Waals surface area contributed by atoms with E-state index in [2.05, 4.69) is 123 Å². The highest BCUT2D eigenvalue weighted by molar-refractivity contribution is 7.47. The quantitative estimate of drug-likeness (QED) is 0.0146. The molecule has 6 atom stereocenters. The van der Waals surface area contributed by atoms with E-state index in [0.717, 1.165) is 109 Å². The molecule has 0 amide bonds. The number of allylic oxidation sites excluding steroid dienone is 18. The van der Waals surface area contributed by atoms with Gasteiger partial charge in [-0.3, -0.25) is 18.6 Å². The van der Waals surface area contributed by atoms with Gasteiger partial charge in [0.15, 0.2) is 6.10 Å². The van der Waals surface area contributed by atoms with Crippen molar-refractivity contribution in [2.24, 2.45) is 0 Å². The molecule has 14 heteroatoms. The lowest BCUT2D eigenvalue weighted by Gasteiger charge is -2.41. The Morgan fingerprint density at radius 1 is 0.437 bits per heavy atom. The largest absolute Gasteiger partial charge is 0.472 e. The average Bonchev–Trinajstić information content (AvgIpc) is 3.35. The van der Waals surface area contributed by atoms with Crippen molar-refractivity contribution < 1.29 is 63.1 Å². The van der Waals surface area contributed by atoms with Gasteiger partial charge in [-0.15, -0.1) is 0 Å². The summed E-state index contributed by atoms with van der Waals surface area (Å²) < 4.78 is 33.6. The van der Waals surface area contributed by atoms with Crippen LogP contribution in [0.25, 0.3) is 0 Å². The van der Waals surface area contributed by atoms with Gasteiger partial charge in [-0.05, 0) is 96.3 Å². The maximum Gasteiger partial charge on any atom is 0.472 e. The van der Waals surface area contributed by atoms with E-state index in [0.29, 0.717) is 12.8 Å². The Labute approximate surface area is 427 Å². The number of phosphoric ester groups is 1. The second-order valence-electron chi connectivity index (χ2n) is 18.0. The third kappa shape index (κ3) is 37.0. The van der Waals surface area contributed by atoms with Crippen LogP contribution in [0.2, 0.25) is 0 Å². The van der Waals surface area contributed by atoms with Crippen molar-refractivity contribution in [3.05, 3.63) is 109 Å². The number of aliphatic hydroxyl groups is 5. The summed E-state index contributed by atoms with van der Waals surface area (Å²) in [5.41, 5.74) is 0. The number of phosphoric acid groups is 1. The van der Waals surface area contributed by atoms with E-state index in [1.54, 1.807) is 0 Å². The van der Waals surface area contributed by atoms with E-state index in [1.807, 2.05) is 0 Å². The fraction of sp³-hybridized carbons (Fsp3) is 0.649. The number of ether oxygens (including phenoxy) is 2. The normalized spacial score (nSPS) is 21.5. The maximum atomic E-state index is 12.9. The molecule has 0 aromatic heterocycles. The van der Waals surface area contributed by atoms with Crippen LogP contribution < -0.4 is 0 Å². The summed E-state index contributed by atoms with van der Waals surface area (Å²) in [6.45, 7) is 3.05. The lowest BCUT2D eigenvalue weighted by atomic mass is 9.85. The summed E-state index contributed by atoms with van der Waals surface area (Å²) in [5, 5.41) is 50.3. The summed E-state index contributed by atoms with van der Waals surface area (Å²) in [7, 11) is -5.14. The van der Waals surface area contributed by atoms with Crippen molar-refractivity contribution in [2.45, 2.75) is 224 Å². The molecule has 1 aliphatic carbocycles. The molecule has 404 valence electrons. The van der Waals surface area contributed by atoms with Gasteiger partial charge in [-0.25, -0.2) is 4.57 Å². The third-order valence-corrected chi connectivity index (χ3v) is 12.6. The zero-order valence-corrected chi connectivity index (χ0v) is 44.1. The molecule has 0 spiro atoms. The predicted molar refractivity (Wildman–Crippen MR) is 285 cm³/mol. The zero-order chi connectivity index (χ0) is 52.1. The molecule has 0 aromatic rings. The van der Waals surface area contributed by atoms with Crippen LogP contribution in [0.4, 0.5) is 0 Å². The molecule has 0 aliphatic heterocycles. The topological polar surface area (TPSA) is 210 Å². The van der Waals surface area contributed by atoms with Crippen molar-refractivity contribution in [3.63, 3.8) is 0 Å². The molecule has 1 aliphatic rings. The first-order valence-corrected chi connectivity index (χ1v) is 28.2. The van der Waals surface area contributed by atoms with E-state index < -0.39 is 75.7 Å². The minimum absolute atomic E-state index is 0.0502. The van der Waals surface area contributed by atoms with Crippen molar-refractivity contribution in [1.82, 2.24) is 0 Å². The summed E-state index contributed by atoms with van der Waals surface area (Å²) >= 11 is 0. The van der Waals surface area contributed by atoms with Crippen molar-refractivity contribution in [3.8, 4) is 0 Å². The third-order valence-electron chi connectivity index (χ3n) is 11.6. The fourth-order valence-electron chi connectivity index (χ4n) is 7.42. The number of unbranched alkanes of at least 4 members (excludes halogenated alkanes) is 13. The van der Waals surface area contributed by atoms with E-state index >= 15 is 0 Å². The highest BCUT2D eigenvalue weighted by atomic mass is 31.2. The molecule has 6 N–H and O–H groups in total. The minimum atomic E-state index is -5.14. The second kappa shape index (κ2) is 45.2. The minimum Gasteiger partial charge on any atom is -0.462 e. The Balaban J connectivity index is 2.40. The number of aliphatic hydroxyl groups excluding tert-OH is 5. The molecule has 0 radical (unpaired) electrons. The molecule has 0 heterocycles. The van der Waals surface area contributed by atoms with Gasteiger partial charge in [0.05, 0.1) is 6.61 Å².